The second kappa shape index (κ2) is 50.6. The number of phosphoric acid groups is 1. The molecule has 0 aliphatic rings. The summed E-state index contributed by atoms with van der Waals surface area (Å²) in [4.78, 5) is 25.3. The number of aliphatic hydroxyl groups excluding tert-OH is 1. The van der Waals surface area contributed by atoms with Gasteiger partial charge in [0.1, 0.15) is 13.2 Å². The molecule has 0 aliphatic heterocycles. The van der Waals surface area contributed by atoms with Crippen molar-refractivity contribution in [1.82, 2.24) is 5.32 Å². The summed E-state index contributed by atoms with van der Waals surface area (Å²) in [7, 11) is 1.30. The lowest BCUT2D eigenvalue weighted by Gasteiger charge is -2.30. The van der Waals surface area contributed by atoms with Gasteiger partial charge < -0.3 is 28.8 Å². The third-order valence-electron chi connectivity index (χ3n) is 12.4. The van der Waals surface area contributed by atoms with E-state index in [1.165, 1.54) is 128 Å². The zero-order valence-electron chi connectivity index (χ0n) is 45.5. The number of hydrogen-bond donors (Lipinski definition) is 2. The van der Waals surface area contributed by atoms with E-state index in [4.69, 9.17) is 9.05 Å². The minimum Gasteiger partial charge on any atom is -0.756 e. The molecule has 0 bridgehead atoms. The van der Waals surface area contributed by atoms with Gasteiger partial charge in [0.2, 0.25) is 5.91 Å². The number of unbranched alkanes of at least 4 members (excludes halogenated alkanes) is 24. The number of carbonyl (C=O) groups excluding carboxylic acids is 1. The molecule has 0 rings (SSSR count). The number of allylic oxidation sites excluding steroid dienone is 14. The van der Waals surface area contributed by atoms with Gasteiger partial charge in [-0.3, -0.25) is 9.36 Å². The van der Waals surface area contributed by atoms with Gasteiger partial charge in [-0.25, -0.2) is 0 Å². The number of carbonyl (C=O) groups is 1. The Kier molecular flexibility index (Phi) is 48.9. The Hall–Kier alpha value is -2.32. The largest absolute Gasteiger partial charge is 0.756 e. The molecular weight excluding hydrogens is 876 g/mol. The van der Waals surface area contributed by atoms with Crippen molar-refractivity contribution in [2.45, 2.75) is 251 Å². The highest BCUT2D eigenvalue weighted by Gasteiger charge is 2.24. The molecular formula is C60H109N2O6P. The molecule has 69 heavy (non-hydrogen) atoms. The van der Waals surface area contributed by atoms with Crippen LogP contribution in [0.4, 0.5) is 0 Å². The summed E-state index contributed by atoms with van der Waals surface area (Å²) in [6.45, 7) is 4.53. The van der Waals surface area contributed by atoms with Crippen LogP contribution in [0.1, 0.15) is 239 Å². The number of aliphatic hydroxyl groups is 1. The van der Waals surface area contributed by atoms with Gasteiger partial charge in [0.05, 0.1) is 39.9 Å². The van der Waals surface area contributed by atoms with Crippen LogP contribution in [-0.2, 0) is 18.4 Å². The van der Waals surface area contributed by atoms with Crippen molar-refractivity contribution in [3.8, 4) is 0 Å². The van der Waals surface area contributed by atoms with Gasteiger partial charge in [0, 0.05) is 6.42 Å². The molecule has 0 aromatic heterocycles. The predicted octanol–water partition coefficient (Wildman–Crippen LogP) is 16.6. The smallest absolute Gasteiger partial charge is 0.268 e. The van der Waals surface area contributed by atoms with Crippen LogP contribution in [0.5, 0.6) is 0 Å². The molecule has 0 spiro atoms. The maximum absolute atomic E-state index is 12.8. The Morgan fingerprint density at radius 3 is 1.29 bits per heavy atom. The van der Waals surface area contributed by atoms with Gasteiger partial charge >= 0.3 is 0 Å². The average Bonchev–Trinajstić information content (AvgIpc) is 3.31. The number of nitrogens with zero attached hydrogens (tertiary/aromatic N) is 1. The van der Waals surface area contributed by atoms with Crippen molar-refractivity contribution in [2.75, 3.05) is 40.9 Å². The first kappa shape index (κ1) is 66.7. The number of hydrogen-bond acceptors (Lipinski definition) is 6. The summed E-state index contributed by atoms with van der Waals surface area (Å²) >= 11 is 0. The zero-order chi connectivity index (χ0) is 50.6. The molecule has 0 saturated heterocycles. The summed E-state index contributed by atoms with van der Waals surface area (Å²) in [5.41, 5.74) is 0. The third kappa shape index (κ3) is 53.3. The van der Waals surface area contributed by atoms with Gasteiger partial charge in [-0.1, -0.05) is 247 Å². The first-order chi connectivity index (χ1) is 33.5. The molecule has 1 amide bonds. The Morgan fingerprint density at radius 1 is 0.522 bits per heavy atom. The molecule has 0 aromatic carbocycles. The van der Waals surface area contributed by atoms with Crippen molar-refractivity contribution in [2.24, 2.45) is 0 Å². The molecule has 3 atom stereocenters. The normalized spacial score (nSPS) is 14.6. The second-order valence-electron chi connectivity index (χ2n) is 20.3. The van der Waals surface area contributed by atoms with Crippen LogP contribution < -0.4 is 10.2 Å². The summed E-state index contributed by atoms with van der Waals surface area (Å²) in [5, 5.41) is 13.8. The standard InChI is InChI=1S/C60H109N2O6P/c1-6-8-10-12-14-15-16-17-18-19-20-21-22-23-24-25-26-27-28-29-30-31-32-33-34-35-36-37-38-39-40-41-42-43-44-45-46-47-48-50-52-54-60(64)61-58(59(63)53-51-49-13-11-9-7-2)57-68-69(65,66)67-56-55-62(3,4)5/h8,10,14-15,17-18,20-21,23-24,26-27,29-30,58-59,63H,6-7,9,11-13,16,19,22,25,28,31-57H2,1-5H3,(H-,61,64,65,66)/b10-8-,15-14-,18-17-,21-20-,24-23-,27-26-,30-29-. The molecule has 0 aliphatic carbocycles. The van der Waals surface area contributed by atoms with Gasteiger partial charge in [-0.2, -0.15) is 0 Å². The van der Waals surface area contributed by atoms with E-state index in [0.717, 1.165) is 83.5 Å². The van der Waals surface area contributed by atoms with Crippen LogP contribution in [0.3, 0.4) is 0 Å². The van der Waals surface area contributed by atoms with Crippen LogP contribution in [-0.4, -0.2) is 68.5 Å². The Labute approximate surface area is 426 Å². The summed E-state index contributed by atoms with van der Waals surface area (Å²) in [6, 6.07) is -0.798. The van der Waals surface area contributed by atoms with E-state index in [2.05, 4.69) is 104 Å². The van der Waals surface area contributed by atoms with E-state index in [9.17, 15) is 19.4 Å². The highest BCUT2D eigenvalue weighted by Crippen LogP contribution is 2.38. The van der Waals surface area contributed by atoms with E-state index in [0.29, 0.717) is 23.9 Å². The van der Waals surface area contributed by atoms with Crippen molar-refractivity contribution < 1.29 is 32.9 Å². The number of nitrogens with one attached hydrogen (secondary N) is 1. The van der Waals surface area contributed by atoms with E-state index >= 15 is 0 Å². The topological polar surface area (TPSA) is 108 Å². The van der Waals surface area contributed by atoms with E-state index in [-0.39, 0.29) is 19.1 Å². The Bertz CT molecular complexity index is 1400. The first-order valence-corrected chi connectivity index (χ1v) is 29.9. The number of likely N-dealkylation sites (N-methyl/N-ethyl adjacent to an activating group) is 1. The average molecular weight is 986 g/mol. The molecule has 0 heterocycles. The quantitative estimate of drug-likeness (QED) is 0.0272. The van der Waals surface area contributed by atoms with Crippen molar-refractivity contribution in [3.63, 3.8) is 0 Å². The van der Waals surface area contributed by atoms with E-state index < -0.39 is 20.0 Å². The van der Waals surface area contributed by atoms with Crippen molar-refractivity contribution >= 4 is 13.7 Å². The number of rotatable bonds is 51. The lowest BCUT2D eigenvalue weighted by molar-refractivity contribution is -0.870. The first-order valence-electron chi connectivity index (χ1n) is 28.4. The van der Waals surface area contributed by atoms with Gasteiger partial charge in [-0.15, -0.1) is 0 Å². The maximum Gasteiger partial charge on any atom is 0.268 e. The minimum absolute atomic E-state index is 0.0105. The Balaban J connectivity index is 3.77. The fourth-order valence-electron chi connectivity index (χ4n) is 7.96. The van der Waals surface area contributed by atoms with E-state index in [1.54, 1.807) is 0 Å². The monoisotopic (exact) mass is 985 g/mol. The molecule has 2 N–H and O–H groups in total. The number of quaternary nitrogens is 1. The summed E-state index contributed by atoms with van der Waals surface area (Å²) in [6.07, 6.45) is 71.1. The molecule has 0 fully saturated rings. The minimum atomic E-state index is -4.56. The summed E-state index contributed by atoms with van der Waals surface area (Å²) < 4.78 is 23.2. The summed E-state index contributed by atoms with van der Waals surface area (Å²) in [5.74, 6) is -0.170. The number of phosphoric ester groups is 1. The second-order valence-corrected chi connectivity index (χ2v) is 21.7. The SMILES string of the molecule is CC/C=C\C/C=C\C/C=C\C/C=C\C/C=C\C/C=C\C/C=C\CCCCCCCCCCCCCCCCCCCCCC(=O)NC(COP(=O)([O-])OCC[N+](C)(C)C)C(O)CCCCCCCC. The van der Waals surface area contributed by atoms with Gasteiger partial charge in [0.25, 0.3) is 7.82 Å². The fraction of sp³-hybridized carbons (Fsp3) is 0.750. The van der Waals surface area contributed by atoms with Crippen LogP contribution in [0.15, 0.2) is 85.1 Å². The maximum atomic E-state index is 12.8. The molecule has 9 heteroatoms. The Morgan fingerprint density at radius 2 is 0.884 bits per heavy atom. The van der Waals surface area contributed by atoms with Gasteiger partial charge in [-0.05, 0) is 70.6 Å². The van der Waals surface area contributed by atoms with E-state index in [1.807, 2.05) is 21.1 Å². The van der Waals surface area contributed by atoms with Crippen molar-refractivity contribution in [1.29, 1.82) is 0 Å². The lowest BCUT2D eigenvalue weighted by Crippen LogP contribution is -2.46. The zero-order valence-corrected chi connectivity index (χ0v) is 46.4. The number of amides is 1. The van der Waals surface area contributed by atoms with Gasteiger partial charge in [0.15, 0.2) is 0 Å². The molecule has 0 radical (unpaired) electrons. The molecule has 3 unspecified atom stereocenters. The highest BCUT2D eigenvalue weighted by atomic mass is 31.2. The van der Waals surface area contributed by atoms with Crippen LogP contribution in [0.2, 0.25) is 0 Å². The highest BCUT2D eigenvalue weighted by molar-refractivity contribution is 7.45. The molecule has 0 aromatic rings. The third-order valence-corrected chi connectivity index (χ3v) is 13.4. The fourth-order valence-corrected chi connectivity index (χ4v) is 8.68. The lowest BCUT2D eigenvalue weighted by atomic mass is 10.0. The predicted molar refractivity (Wildman–Crippen MR) is 297 cm³/mol. The van der Waals surface area contributed by atoms with Crippen LogP contribution >= 0.6 is 7.82 Å². The molecule has 8 nitrogen and oxygen atoms in total. The molecule has 400 valence electrons. The van der Waals surface area contributed by atoms with Crippen LogP contribution in [0, 0.1) is 0 Å². The van der Waals surface area contributed by atoms with Crippen LogP contribution in [0.25, 0.3) is 0 Å². The van der Waals surface area contributed by atoms with Crippen molar-refractivity contribution in [3.05, 3.63) is 85.1 Å². The molecule has 0 saturated carbocycles.